The SMILES string of the molecule is CC(C#N)(CCC(=O)Oc1ccc(O)cc1)N=NC(C)(C#N)CCC(=O)Oc1ccc(O)cc1. The molecule has 0 radical (unpaired) electrons. The quantitative estimate of drug-likeness (QED) is 0.300. The van der Waals surface area contributed by atoms with Crippen LogP contribution in [0.5, 0.6) is 23.0 Å². The first-order chi connectivity index (χ1) is 16.1. The minimum atomic E-state index is -1.39. The molecule has 2 aromatic rings. The van der Waals surface area contributed by atoms with Gasteiger partial charge in [-0.2, -0.15) is 20.8 Å². The van der Waals surface area contributed by atoms with E-state index in [0.717, 1.165) is 0 Å². The third-order valence-corrected chi connectivity index (χ3v) is 4.74. The predicted octanol–water partition coefficient (Wildman–Crippen LogP) is 4.19. The Hall–Kier alpha value is -4.44. The van der Waals surface area contributed by atoms with E-state index in [9.17, 15) is 30.3 Å². The van der Waals surface area contributed by atoms with Crippen molar-refractivity contribution in [2.45, 2.75) is 50.6 Å². The second-order valence-electron chi connectivity index (χ2n) is 7.91. The number of aromatic hydroxyl groups is 2. The van der Waals surface area contributed by atoms with Crippen molar-refractivity contribution < 1.29 is 29.3 Å². The molecule has 2 atom stereocenters. The molecule has 0 saturated heterocycles. The minimum Gasteiger partial charge on any atom is -0.508 e. The van der Waals surface area contributed by atoms with Gasteiger partial charge in [-0.05, 0) is 75.2 Å². The van der Waals surface area contributed by atoms with E-state index in [4.69, 9.17) is 9.47 Å². The van der Waals surface area contributed by atoms with Crippen LogP contribution in [0.1, 0.15) is 39.5 Å². The summed E-state index contributed by atoms with van der Waals surface area (Å²) in [5, 5.41) is 45.6. The second kappa shape index (κ2) is 11.4. The molecule has 0 aliphatic carbocycles. The van der Waals surface area contributed by atoms with Gasteiger partial charge in [0.25, 0.3) is 0 Å². The van der Waals surface area contributed by atoms with Crippen LogP contribution >= 0.6 is 0 Å². The molecule has 0 heterocycles. The topological polar surface area (TPSA) is 165 Å². The minimum absolute atomic E-state index is 0.00564. The Labute approximate surface area is 196 Å². The number of phenolic OH excluding ortho intramolecular Hbond substituents is 2. The molecular formula is C24H24N4O6. The normalized spacial score (nSPS) is 14.2. The molecule has 2 rings (SSSR count). The van der Waals surface area contributed by atoms with E-state index in [-0.39, 0.29) is 48.7 Å². The first-order valence-electron chi connectivity index (χ1n) is 10.3. The summed E-state index contributed by atoms with van der Waals surface area (Å²) in [6.07, 6.45) is -0.277. The van der Waals surface area contributed by atoms with Gasteiger partial charge in [0.2, 0.25) is 0 Å². The number of azo groups is 1. The van der Waals surface area contributed by atoms with Gasteiger partial charge >= 0.3 is 11.9 Å². The summed E-state index contributed by atoms with van der Waals surface area (Å²) in [6, 6.07) is 15.2. The molecule has 0 saturated carbocycles. The van der Waals surface area contributed by atoms with E-state index in [1.165, 1.54) is 62.4 Å². The molecule has 0 fully saturated rings. The highest BCUT2D eigenvalue weighted by Crippen LogP contribution is 2.25. The summed E-state index contributed by atoms with van der Waals surface area (Å²) in [5.41, 5.74) is -2.78. The van der Waals surface area contributed by atoms with Crippen LogP contribution in [0.25, 0.3) is 0 Å². The van der Waals surface area contributed by atoms with Gasteiger partial charge in [0.15, 0.2) is 11.1 Å². The summed E-state index contributed by atoms with van der Waals surface area (Å²) >= 11 is 0. The van der Waals surface area contributed by atoms with Crippen LogP contribution in [0, 0.1) is 22.7 Å². The molecule has 0 aliphatic rings. The first-order valence-corrected chi connectivity index (χ1v) is 10.3. The maximum Gasteiger partial charge on any atom is 0.311 e. The number of carbonyl (C=O) groups is 2. The number of hydrogen-bond donors (Lipinski definition) is 2. The fraction of sp³-hybridized carbons (Fsp3) is 0.333. The van der Waals surface area contributed by atoms with Crippen molar-refractivity contribution in [1.82, 2.24) is 0 Å². The predicted molar refractivity (Wildman–Crippen MR) is 119 cm³/mol. The molecule has 2 N–H and O–H groups in total. The highest BCUT2D eigenvalue weighted by molar-refractivity contribution is 5.73. The van der Waals surface area contributed by atoms with Crippen molar-refractivity contribution >= 4 is 11.9 Å². The highest BCUT2D eigenvalue weighted by atomic mass is 16.5. The lowest BCUT2D eigenvalue weighted by Gasteiger charge is -2.19. The molecule has 2 aromatic carbocycles. The van der Waals surface area contributed by atoms with E-state index in [1.54, 1.807) is 0 Å². The van der Waals surface area contributed by atoms with Gasteiger partial charge in [-0.3, -0.25) is 9.59 Å². The second-order valence-corrected chi connectivity index (χ2v) is 7.91. The largest absolute Gasteiger partial charge is 0.508 e. The number of esters is 2. The molecule has 0 bridgehead atoms. The van der Waals surface area contributed by atoms with Crippen LogP contribution in [0.2, 0.25) is 0 Å². The Morgan fingerprint density at radius 1 is 0.765 bits per heavy atom. The lowest BCUT2D eigenvalue weighted by Crippen LogP contribution is -2.26. The summed E-state index contributed by atoms with van der Waals surface area (Å²) in [5.74, 6) is -0.624. The number of carbonyl (C=O) groups excluding carboxylic acids is 2. The Morgan fingerprint density at radius 2 is 1.09 bits per heavy atom. The molecule has 176 valence electrons. The molecule has 10 heteroatoms. The van der Waals surface area contributed by atoms with E-state index >= 15 is 0 Å². The summed E-state index contributed by atoms with van der Waals surface area (Å²) < 4.78 is 10.3. The van der Waals surface area contributed by atoms with Crippen LogP contribution in [0.15, 0.2) is 58.8 Å². The number of nitriles is 2. The fourth-order valence-corrected chi connectivity index (χ4v) is 2.56. The Bertz CT molecular complexity index is 1030. The standard InChI is InChI=1S/C24H24N4O6/c1-23(15-25,13-11-21(31)33-19-7-3-17(29)4-8-19)27-28-24(2,16-26)14-12-22(32)34-20-9-5-18(30)6-10-20/h3-10,29-30H,11-14H2,1-2H3. The van der Waals surface area contributed by atoms with Gasteiger partial charge in [0.05, 0.1) is 12.1 Å². The summed E-state index contributed by atoms with van der Waals surface area (Å²) in [4.78, 5) is 24.2. The van der Waals surface area contributed by atoms with E-state index < -0.39 is 23.0 Å². The van der Waals surface area contributed by atoms with Gasteiger partial charge in [-0.15, -0.1) is 0 Å². The van der Waals surface area contributed by atoms with Crippen molar-refractivity contribution in [2.75, 3.05) is 0 Å². The average Bonchev–Trinajstić information content (AvgIpc) is 2.83. The van der Waals surface area contributed by atoms with Crippen LogP contribution in [0.3, 0.4) is 0 Å². The molecule has 10 nitrogen and oxygen atoms in total. The number of phenols is 2. The lowest BCUT2D eigenvalue weighted by molar-refractivity contribution is -0.135. The van der Waals surface area contributed by atoms with Crippen molar-refractivity contribution in [1.29, 1.82) is 10.5 Å². The lowest BCUT2D eigenvalue weighted by atomic mass is 9.97. The monoisotopic (exact) mass is 464 g/mol. The molecule has 0 amide bonds. The Balaban J connectivity index is 1.92. The van der Waals surface area contributed by atoms with Gasteiger partial charge < -0.3 is 19.7 Å². The number of nitrogens with zero attached hydrogens (tertiary/aromatic N) is 4. The van der Waals surface area contributed by atoms with E-state index in [2.05, 4.69) is 10.2 Å². The smallest absolute Gasteiger partial charge is 0.311 e. The van der Waals surface area contributed by atoms with Gasteiger partial charge in [0.1, 0.15) is 23.0 Å². The maximum atomic E-state index is 12.1. The number of rotatable bonds is 10. The number of ether oxygens (including phenoxy) is 2. The highest BCUT2D eigenvalue weighted by Gasteiger charge is 2.30. The maximum absolute atomic E-state index is 12.1. The Morgan fingerprint density at radius 3 is 1.38 bits per heavy atom. The zero-order valence-corrected chi connectivity index (χ0v) is 18.8. The summed E-state index contributed by atoms with van der Waals surface area (Å²) in [6.45, 7) is 2.95. The van der Waals surface area contributed by atoms with Crippen molar-refractivity contribution in [3.05, 3.63) is 48.5 Å². The molecule has 0 aromatic heterocycles. The van der Waals surface area contributed by atoms with Crippen LogP contribution in [0.4, 0.5) is 0 Å². The van der Waals surface area contributed by atoms with Gasteiger partial charge in [0, 0.05) is 12.8 Å². The third kappa shape index (κ3) is 8.24. The summed E-state index contributed by atoms with van der Waals surface area (Å²) in [7, 11) is 0. The fourth-order valence-electron chi connectivity index (χ4n) is 2.56. The number of benzene rings is 2. The third-order valence-electron chi connectivity index (χ3n) is 4.74. The van der Waals surface area contributed by atoms with Gasteiger partial charge in [-0.1, -0.05) is 0 Å². The molecule has 0 aliphatic heterocycles. The van der Waals surface area contributed by atoms with Crippen molar-refractivity contribution in [3.8, 4) is 35.1 Å². The van der Waals surface area contributed by atoms with Crippen molar-refractivity contribution in [2.24, 2.45) is 10.2 Å². The molecule has 0 spiro atoms. The van der Waals surface area contributed by atoms with Crippen molar-refractivity contribution in [3.63, 3.8) is 0 Å². The molecule has 34 heavy (non-hydrogen) atoms. The Kier molecular flexibility index (Phi) is 8.68. The molecule has 2 unspecified atom stereocenters. The number of hydrogen-bond acceptors (Lipinski definition) is 10. The average molecular weight is 464 g/mol. The van der Waals surface area contributed by atoms with Crippen LogP contribution in [-0.4, -0.2) is 33.2 Å². The first kappa shape index (κ1) is 25.8. The van der Waals surface area contributed by atoms with Gasteiger partial charge in [-0.25, -0.2) is 0 Å². The zero-order valence-electron chi connectivity index (χ0n) is 18.8. The van der Waals surface area contributed by atoms with E-state index in [0.29, 0.717) is 0 Å². The van der Waals surface area contributed by atoms with Crippen LogP contribution in [-0.2, 0) is 9.59 Å². The molecular weight excluding hydrogens is 440 g/mol. The van der Waals surface area contributed by atoms with E-state index in [1.807, 2.05) is 12.1 Å². The zero-order chi connectivity index (χ0) is 25.2. The van der Waals surface area contributed by atoms with Crippen LogP contribution < -0.4 is 9.47 Å².